The van der Waals surface area contributed by atoms with Crippen molar-refractivity contribution in [1.82, 2.24) is 10.2 Å². The van der Waals surface area contributed by atoms with E-state index in [1.54, 1.807) is 0 Å². The summed E-state index contributed by atoms with van der Waals surface area (Å²) in [5.74, 6) is 0.0473. The fourth-order valence-corrected chi connectivity index (χ4v) is 4.15. The van der Waals surface area contributed by atoms with Crippen LogP contribution in [0.15, 0.2) is 12.3 Å². The Hall–Kier alpha value is -0.590. The van der Waals surface area contributed by atoms with Gasteiger partial charge in [-0.15, -0.1) is 0 Å². The van der Waals surface area contributed by atoms with Gasteiger partial charge >= 0.3 is 0 Å². The zero-order valence-corrected chi connectivity index (χ0v) is 14.4. The van der Waals surface area contributed by atoms with E-state index in [1.807, 2.05) is 0 Å². The summed E-state index contributed by atoms with van der Waals surface area (Å²) in [7, 11) is -3.35. The van der Waals surface area contributed by atoms with E-state index in [0.717, 1.165) is 44.1 Å². The quantitative estimate of drug-likeness (QED) is 0.748. The molecule has 6 heteroatoms. The Balaban J connectivity index is 1.64. The molecule has 0 radical (unpaired) electrons. The van der Waals surface area contributed by atoms with Gasteiger partial charge in [0, 0.05) is 30.9 Å². The Morgan fingerprint density at radius 2 is 1.68 bits per heavy atom. The lowest BCUT2D eigenvalue weighted by molar-refractivity contribution is 0.215. The molecule has 0 unspecified atom stereocenters. The molecule has 1 saturated heterocycles. The van der Waals surface area contributed by atoms with Crippen LogP contribution in [0.2, 0.25) is 0 Å². The standard InChI is InChI=1S/C16H31N3O2S/c1-14(6-5-13-22(17,20)21)19-11-9-16(10-12-19)18-15-7-3-2-4-8-15/h15-16,18H,1-13H2,(H2,17,20,21). The Morgan fingerprint density at radius 1 is 1.09 bits per heavy atom. The van der Waals surface area contributed by atoms with Crippen LogP contribution in [0.4, 0.5) is 0 Å². The number of allylic oxidation sites excluding steroid dienone is 1. The second kappa shape index (κ2) is 8.31. The summed E-state index contributed by atoms with van der Waals surface area (Å²) >= 11 is 0. The molecule has 22 heavy (non-hydrogen) atoms. The van der Waals surface area contributed by atoms with Crippen LogP contribution in [0.25, 0.3) is 0 Å². The number of sulfonamides is 1. The van der Waals surface area contributed by atoms with Crippen LogP contribution < -0.4 is 10.5 Å². The molecule has 2 aliphatic rings. The normalized spacial score (nSPS) is 22.0. The van der Waals surface area contributed by atoms with Crippen molar-refractivity contribution >= 4 is 10.0 Å². The van der Waals surface area contributed by atoms with Crippen LogP contribution in [-0.2, 0) is 10.0 Å². The summed E-state index contributed by atoms with van der Waals surface area (Å²) in [4.78, 5) is 2.31. The van der Waals surface area contributed by atoms with Crippen LogP contribution in [0.5, 0.6) is 0 Å². The summed E-state index contributed by atoms with van der Waals surface area (Å²) in [6, 6.07) is 1.36. The van der Waals surface area contributed by atoms with Crippen molar-refractivity contribution in [3.63, 3.8) is 0 Å². The van der Waals surface area contributed by atoms with Crippen molar-refractivity contribution in [2.75, 3.05) is 18.8 Å². The van der Waals surface area contributed by atoms with Crippen LogP contribution in [-0.4, -0.2) is 44.2 Å². The molecule has 0 atom stereocenters. The fourth-order valence-electron chi connectivity index (χ4n) is 3.60. The Labute approximate surface area is 135 Å². The average molecular weight is 330 g/mol. The van der Waals surface area contributed by atoms with E-state index >= 15 is 0 Å². The first-order chi connectivity index (χ1) is 10.4. The van der Waals surface area contributed by atoms with Gasteiger partial charge in [-0.05, 0) is 38.5 Å². The molecule has 1 aliphatic carbocycles. The Kier molecular flexibility index (Phi) is 6.71. The lowest BCUT2D eigenvalue weighted by Gasteiger charge is -2.37. The highest BCUT2D eigenvalue weighted by molar-refractivity contribution is 7.89. The first-order valence-corrected chi connectivity index (χ1v) is 10.3. The maximum Gasteiger partial charge on any atom is 0.209 e. The topological polar surface area (TPSA) is 75.4 Å². The van der Waals surface area contributed by atoms with E-state index in [0.29, 0.717) is 12.5 Å². The summed E-state index contributed by atoms with van der Waals surface area (Å²) in [5, 5.41) is 8.86. The van der Waals surface area contributed by atoms with Crippen molar-refractivity contribution in [3.05, 3.63) is 12.3 Å². The van der Waals surface area contributed by atoms with Gasteiger partial charge in [-0.2, -0.15) is 0 Å². The molecule has 1 heterocycles. The average Bonchev–Trinajstić information content (AvgIpc) is 2.47. The highest BCUT2D eigenvalue weighted by Crippen LogP contribution is 2.22. The minimum Gasteiger partial charge on any atom is -0.375 e. The van der Waals surface area contributed by atoms with Crippen molar-refractivity contribution in [1.29, 1.82) is 0 Å². The van der Waals surface area contributed by atoms with E-state index < -0.39 is 10.0 Å². The number of nitrogens with zero attached hydrogens (tertiary/aromatic N) is 1. The number of hydrogen-bond acceptors (Lipinski definition) is 4. The summed E-state index contributed by atoms with van der Waals surface area (Å²) < 4.78 is 21.9. The summed E-state index contributed by atoms with van der Waals surface area (Å²) in [6.07, 6.45) is 10.4. The largest absolute Gasteiger partial charge is 0.375 e. The number of rotatable bonds is 7. The Bertz CT molecular complexity index is 450. The summed E-state index contributed by atoms with van der Waals surface area (Å²) in [5.41, 5.74) is 1.06. The first kappa shape index (κ1) is 17.8. The molecule has 128 valence electrons. The number of likely N-dealkylation sites (tertiary alicyclic amines) is 1. The maximum atomic E-state index is 10.9. The van der Waals surface area contributed by atoms with Gasteiger partial charge in [0.05, 0.1) is 5.75 Å². The molecule has 0 spiro atoms. The number of nitrogens with one attached hydrogen (secondary N) is 1. The van der Waals surface area contributed by atoms with Gasteiger partial charge in [0.25, 0.3) is 0 Å². The van der Waals surface area contributed by atoms with Crippen molar-refractivity contribution in [2.24, 2.45) is 5.14 Å². The van der Waals surface area contributed by atoms with E-state index in [2.05, 4.69) is 16.8 Å². The van der Waals surface area contributed by atoms with Crippen LogP contribution in [0.3, 0.4) is 0 Å². The van der Waals surface area contributed by atoms with Gasteiger partial charge in [-0.25, -0.2) is 13.6 Å². The zero-order chi connectivity index (χ0) is 16.0. The third-order valence-electron chi connectivity index (χ3n) is 4.91. The van der Waals surface area contributed by atoms with E-state index in [4.69, 9.17) is 5.14 Å². The van der Waals surface area contributed by atoms with Gasteiger partial charge in [-0.3, -0.25) is 0 Å². The molecule has 0 aromatic carbocycles. The van der Waals surface area contributed by atoms with E-state index in [9.17, 15) is 8.42 Å². The van der Waals surface area contributed by atoms with Gasteiger partial charge in [0.1, 0.15) is 0 Å². The lowest BCUT2D eigenvalue weighted by Crippen LogP contribution is -2.46. The smallest absolute Gasteiger partial charge is 0.209 e. The highest BCUT2D eigenvalue weighted by Gasteiger charge is 2.23. The molecule has 0 aromatic rings. The number of nitrogens with two attached hydrogens (primary N) is 1. The number of hydrogen-bond donors (Lipinski definition) is 2. The lowest BCUT2D eigenvalue weighted by atomic mass is 9.93. The van der Waals surface area contributed by atoms with Crippen LogP contribution >= 0.6 is 0 Å². The molecule has 1 saturated carbocycles. The second-order valence-electron chi connectivity index (χ2n) is 6.80. The van der Waals surface area contributed by atoms with Crippen molar-refractivity contribution in [3.8, 4) is 0 Å². The third-order valence-corrected chi connectivity index (χ3v) is 5.77. The molecule has 2 rings (SSSR count). The van der Waals surface area contributed by atoms with Crippen molar-refractivity contribution in [2.45, 2.75) is 69.9 Å². The molecular weight excluding hydrogens is 298 g/mol. The predicted octanol–water partition coefficient (Wildman–Crippen LogP) is 1.96. The molecule has 3 N–H and O–H groups in total. The monoisotopic (exact) mass is 329 g/mol. The van der Waals surface area contributed by atoms with Crippen LogP contribution in [0.1, 0.15) is 57.8 Å². The van der Waals surface area contributed by atoms with E-state index in [-0.39, 0.29) is 5.75 Å². The second-order valence-corrected chi connectivity index (χ2v) is 8.53. The molecule has 0 aromatic heterocycles. The molecule has 5 nitrogen and oxygen atoms in total. The van der Waals surface area contributed by atoms with Gasteiger partial charge in [-0.1, -0.05) is 25.8 Å². The number of piperidine rings is 1. The molecular formula is C16H31N3O2S. The minimum atomic E-state index is -3.35. The van der Waals surface area contributed by atoms with Gasteiger partial charge in [0.15, 0.2) is 0 Å². The molecule has 0 amide bonds. The molecule has 2 fully saturated rings. The van der Waals surface area contributed by atoms with Gasteiger partial charge < -0.3 is 10.2 Å². The van der Waals surface area contributed by atoms with Crippen molar-refractivity contribution < 1.29 is 8.42 Å². The zero-order valence-electron chi connectivity index (χ0n) is 13.6. The minimum absolute atomic E-state index is 0.0473. The third kappa shape index (κ3) is 6.26. The molecule has 0 bridgehead atoms. The number of primary sulfonamides is 1. The first-order valence-electron chi connectivity index (χ1n) is 8.63. The highest BCUT2D eigenvalue weighted by atomic mass is 32.2. The van der Waals surface area contributed by atoms with Crippen LogP contribution in [0, 0.1) is 0 Å². The Morgan fingerprint density at radius 3 is 2.27 bits per heavy atom. The molecule has 1 aliphatic heterocycles. The maximum absolute atomic E-state index is 10.9. The predicted molar refractivity (Wildman–Crippen MR) is 91.0 cm³/mol. The fraction of sp³-hybridized carbons (Fsp3) is 0.875. The SMILES string of the molecule is C=C(CCCS(N)(=O)=O)N1CCC(NC2CCCCC2)CC1. The van der Waals surface area contributed by atoms with E-state index in [1.165, 1.54) is 32.1 Å². The van der Waals surface area contributed by atoms with Gasteiger partial charge in [0.2, 0.25) is 10.0 Å². The summed E-state index contributed by atoms with van der Waals surface area (Å²) in [6.45, 7) is 6.16.